The summed E-state index contributed by atoms with van der Waals surface area (Å²) in [4.78, 5) is 19.9. The molecule has 0 aliphatic heterocycles. The number of carbonyl (C=O) groups excluding carboxylic acids is 1. The maximum Gasteiger partial charge on any atom is 0.178 e. The number of hydrogen-bond acceptors (Lipinski definition) is 3. The molecule has 0 bridgehead atoms. The molecule has 0 aliphatic carbocycles. The van der Waals surface area contributed by atoms with Crippen molar-refractivity contribution in [2.24, 2.45) is 4.99 Å². The van der Waals surface area contributed by atoms with Crippen molar-refractivity contribution >= 4 is 17.7 Å². The topological polar surface area (TPSA) is 42.3 Å². The van der Waals surface area contributed by atoms with E-state index in [-0.39, 0.29) is 5.78 Å². The molecule has 0 spiro atoms. The minimum Gasteiger partial charge on any atom is -0.293 e. The van der Waals surface area contributed by atoms with Gasteiger partial charge in [-0.15, -0.1) is 0 Å². The van der Waals surface area contributed by atoms with Gasteiger partial charge in [-0.3, -0.25) is 9.79 Å². The molecule has 0 saturated heterocycles. The summed E-state index contributed by atoms with van der Waals surface area (Å²) in [5.41, 5.74) is 3.60. The number of rotatable bonds is 5. The molecule has 1 aromatic carbocycles. The third kappa shape index (κ3) is 3.85. The first kappa shape index (κ1) is 14.1. The molecule has 1 aromatic heterocycles. The highest BCUT2D eigenvalue weighted by Gasteiger charge is 2.01. The predicted octanol–water partition coefficient (Wildman–Crippen LogP) is 3.79. The quantitative estimate of drug-likeness (QED) is 0.610. The van der Waals surface area contributed by atoms with Gasteiger partial charge in [0.25, 0.3) is 0 Å². The fraction of sp³-hybridized carbons (Fsp3) is 0.235. The Morgan fingerprint density at radius 2 is 1.95 bits per heavy atom. The Hall–Kier alpha value is -2.29. The molecule has 20 heavy (non-hydrogen) atoms. The zero-order valence-corrected chi connectivity index (χ0v) is 11.8. The molecule has 0 fully saturated rings. The van der Waals surface area contributed by atoms with Crippen LogP contribution in [0, 0.1) is 0 Å². The van der Waals surface area contributed by atoms with Crippen molar-refractivity contribution in [3.05, 3.63) is 59.4 Å². The van der Waals surface area contributed by atoms with E-state index < -0.39 is 0 Å². The van der Waals surface area contributed by atoms with Crippen LogP contribution < -0.4 is 0 Å². The van der Waals surface area contributed by atoms with Crippen molar-refractivity contribution < 1.29 is 4.79 Å². The minimum atomic E-state index is -0.0149. The second-order valence-electron chi connectivity index (χ2n) is 4.61. The molecular formula is C17H18N2O. The van der Waals surface area contributed by atoms with Gasteiger partial charge in [0.15, 0.2) is 5.78 Å². The summed E-state index contributed by atoms with van der Waals surface area (Å²) in [5, 5.41) is 0. The van der Waals surface area contributed by atoms with E-state index >= 15 is 0 Å². The maximum absolute atomic E-state index is 11.3. The Kier molecular flexibility index (Phi) is 4.77. The van der Waals surface area contributed by atoms with Crippen molar-refractivity contribution in [1.29, 1.82) is 0 Å². The van der Waals surface area contributed by atoms with Gasteiger partial charge >= 0.3 is 0 Å². The van der Waals surface area contributed by atoms with Gasteiger partial charge in [-0.05, 0) is 36.2 Å². The number of aryl methyl sites for hydroxylation is 1. The highest BCUT2D eigenvalue weighted by molar-refractivity contribution is 5.92. The predicted molar refractivity (Wildman–Crippen MR) is 81.9 cm³/mol. The van der Waals surface area contributed by atoms with Crippen molar-refractivity contribution in [3.63, 3.8) is 0 Å². The fourth-order valence-corrected chi connectivity index (χ4v) is 1.85. The molecule has 1 heterocycles. The molecule has 0 saturated carbocycles. The molecule has 3 nitrogen and oxygen atoms in total. The van der Waals surface area contributed by atoms with Crippen LogP contribution in [0.25, 0.3) is 0 Å². The van der Waals surface area contributed by atoms with Gasteiger partial charge in [-0.25, -0.2) is 4.98 Å². The Balaban J connectivity index is 2.02. The Morgan fingerprint density at radius 3 is 2.60 bits per heavy atom. The second-order valence-corrected chi connectivity index (χ2v) is 4.61. The van der Waals surface area contributed by atoms with Crippen LogP contribution in [0.3, 0.4) is 0 Å². The lowest BCUT2D eigenvalue weighted by Crippen LogP contribution is -2.00. The number of aliphatic imine (C=N–C) groups is 1. The highest BCUT2D eigenvalue weighted by Crippen LogP contribution is 2.13. The van der Waals surface area contributed by atoms with Gasteiger partial charge in [0.1, 0.15) is 5.69 Å². The monoisotopic (exact) mass is 266 g/mol. The average molecular weight is 266 g/mol. The molecule has 0 unspecified atom stereocenters. The SMILES string of the molecule is CCc1ccc(N=CCc2cccc(C(C)=O)n2)cc1. The first-order valence-electron chi connectivity index (χ1n) is 6.77. The van der Waals surface area contributed by atoms with E-state index in [1.807, 2.05) is 30.5 Å². The summed E-state index contributed by atoms with van der Waals surface area (Å²) in [7, 11) is 0. The third-order valence-electron chi connectivity index (χ3n) is 3.05. The third-order valence-corrected chi connectivity index (χ3v) is 3.05. The van der Waals surface area contributed by atoms with Crippen LogP contribution in [0.5, 0.6) is 0 Å². The number of aromatic nitrogens is 1. The highest BCUT2D eigenvalue weighted by atomic mass is 16.1. The molecular weight excluding hydrogens is 248 g/mol. The second kappa shape index (κ2) is 6.75. The molecule has 0 N–H and O–H groups in total. The summed E-state index contributed by atoms with van der Waals surface area (Å²) in [5.74, 6) is -0.0149. The molecule has 102 valence electrons. The summed E-state index contributed by atoms with van der Waals surface area (Å²) in [6.07, 6.45) is 3.48. The zero-order valence-electron chi connectivity index (χ0n) is 11.8. The van der Waals surface area contributed by atoms with Crippen molar-refractivity contribution in [2.75, 3.05) is 0 Å². The first-order valence-corrected chi connectivity index (χ1v) is 6.77. The number of benzene rings is 1. The summed E-state index contributed by atoms with van der Waals surface area (Å²) >= 11 is 0. The molecule has 0 radical (unpaired) electrons. The normalized spacial score (nSPS) is 10.9. The minimum absolute atomic E-state index is 0.0149. The summed E-state index contributed by atoms with van der Waals surface area (Å²) < 4.78 is 0. The van der Waals surface area contributed by atoms with Crippen LogP contribution in [0.1, 0.15) is 35.6 Å². The smallest absolute Gasteiger partial charge is 0.178 e. The molecule has 3 heteroatoms. The van der Waals surface area contributed by atoms with Gasteiger partial charge in [0, 0.05) is 25.3 Å². The Bertz CT molecular complexity index is 615. The van der Waals surface area contributed by atoms with Gasteiger partial charge in [-0.2, -0.15) is 0 Å². The summed E-state index contributed by atoms with van der Waals surface area (Å²) in [6.45, 7) is 3.65. The summed E-state index contributed by atoms with van der Waals surface area (Å²) in [6, 6.07) is 13.7. The van der Waals surface area contributed by atoms with Gasteiger partial charge < -0.3 is 0 Å². The lowest BCUT2D eigenvalue weighted by molar-refractivity contribution is 0.101. The zero-order chi connectivity index (χ0) is 14.4. The maximum atomic E-state index is 11.3. The van der Waals surface area contributed by atoms with Crippen LogP contribution in [-0.4, -0.2) is 17.0 Å². The van der Waals surface area contributed by atoms with E-state index in [1.54, 1.807) is 6.07 Å². The molecule has 0 atom stereocenters. The number of nitrogens with zero attached hydrogens (tertiary/aromatic N) is 2. The van der Waals surface area contributed by atoms with E-state index in [1.165, 1.54) is 12.5 Å². The average Bonchev–Trinajstić information content (AvgIpc) is 2.48. The largest absolute Gasteiger partial charge is 0.293 e. The Labute approximate surface area is 119 Å². The van der Waals surface area contributed by atoms with E-state index in [0.29, 0.717) is 12.1 Å². The van der Waals surface area contributed by atoms with Crippen LogP contribution in [-0.2, 0) is 12.8 Å². The van der Waals surface area contributed by atoms with E-state index in [9.17, 15) is 4.79 Å². The molecule has 2 rings (SSSR count). The van der Waals surface area contributed by atoms with Crippen LogP contribution in [0.4, 0.5) is 5.69 Å². The van der Waals surface area contributed by atoms with Crippen molar-refractivity contribution in [2.45, 2.75) is 26.7 Å². The van der Waals surface area contributed by atoms with Crippen LogP contribution in [0.15, 0.2) is 47.5 Å². The molecule has 0 aliphatic rings. The van der Waals surface area contributed by atoms with E-state index in [4.69, 9.17) is 0 Å². The number of Topliss-reactive ketones (excluding diaryl/α,β-unsaturated/α-hetero) is 1. The lowest BCUT2D eigenvalue weighted by atomic mass is 10.1. The Morgan fingerprint density at radius 1 is 1.20 bits per heavy atom. The fourth-order valence-electron chi connectivity index (χ4n) is 1.85. The molecule has 0 amide bonds. The first-order chi connectivity index (χ1) is 9.69. The number of pyridine rings is 1. The molecule has 2 aromatic rings. The van der Waals surface area contributed by atoms with E-state index in [0.717, 1.165) is 17.8 Å². The van der Waals surface area contributed by atoms with Crippen LogP contribution in [0.2, 0.25) is 0 Å². The standard InChI is InChI=1S/C17H18N2O/c1-3-14-7-9-15(10-8-14)18-12-11-16-5-4-6-17(19-16)13(2)20/h4-10,12H,3,11H2,1-2H3. The number of carbonyl (C=O) groups is 1. The van der Waals surface area contributed by atoms with Gasteiger partial charge in [0.05, 0.1) is 5.69 Å². The number of hydrogen-bond donors (Lipinski definition) is 0. The van der Waals surface area contributed by atoms with Gasteiger partial charge in [-0.1, -0.05) is 25.1 Å². The van der Waals surface area contributed by atoms with Gasteiger partial charge in [0.2, 0.25) is 0 Å². The number of ketones is 1. The lowest BCUT2D eigenvalue weighted by Gasteiger charge is -1.99. The van der Waals surface area contributed by atoms with Crippen molar-refractivity contribution in [3.8, 4) is 0 Å². The van der Waals surface area contributed by atoms with Crippen LogP contribution >= 0.6 is 0 Å². The van der Waals surface area contributed by atoms with E-state index in [2.05, 4.69) is 29.0 Å². The van der Waals surface area contributed by atoms with Crippen molar-refractivity contribution in [1.82, 2.24) is 4.98 Å².